The quantitative estimate of drug-likeness (QED) is 0.652. The largest absolute Gasteiger partial charge is 0.265 e. The molecule has 3 rings (SSSR count). The Bertz CT molecular complexity index is 657. The van der Waals surface area contributed by atoms with Gasteiger partial charge >= 0.3 is 0 Å². The zero-order valence-electron chi connectivity index (χ0n) is 11.5. The summed E-state index contributed by atoms with van der Waals surface area (Å²) in [5.41, 5.74) is 5.15. The van der Waals surface area contributed by atoms with Crippen molar-refractivity contribution >= 4 is 0 Å². The Hall–Kier alpha value is -2.41. The highest BCUT2D eigenvalue weighted by Crippen LogP contribution is 2.26. The normalized spacial score (nSPS) is 12.1. The number of nitrogens with zero attached hydrogens (tertiary/aromatic N) is 1. The Balaban J connectivity index is 1.87. The summed E-state index contributed by atoms with van der Waals surface area (Å²) in [5.74, 6) is 0.392. The van der Waals surface area contributed by atoms with Gasteiger partial charge in [0, 0.05) is 18.3 Å². The van der Waals surface area contributed by atoms with Crippen LogP contribution in [0.25, 0.3) is 11.1 Å². The van der Waals surface area contributed by atoms with Crippen molar-refractivity contribution in [3.63, 3.8) is 0 Å². The van der Waals surface area contributed by atoms with Crippen molar-refractivity contribution in [2.75, 3.05) is 0 Å². The van der Waals surface area contributed by atoms with Crippen molar-refractivity contribution in [3.8, 4) is 11.1 Å². The second kappa shape index (κ2) is 5.70. The molecular weight excluding hydrogens is 242 g/mol. The fourth-order valence-corrected chi connectivity index (χ4v) is 2.44. The SMILES string of the molecule is CC(c1ccncc1)c1ccc(-c2ccccc2)cc1. The summed E-state index contributed by atoms with van der Waals surface area (Å²) >= 11 is 0. The van der Waals surface area contributed by atoms with Gasteiger partial charge in [0.15, 0.2) is 0 Å². The molecule has 0 saturated heterocycles. The first-order valence-electron chi connectivity index (χ1n) is 6.90. The summed E-state index contributed by atoms with van der Waals surface area (Å²) in [6.45, 7) is 2.23. The Morgan fingerprint density at radius 1 is 0.650 bits per heavy atom. The van der Waals surface area contributed by atoms with Crippen LogP contribution < -0.4 is 0 Å². The highest BCUT2D eigenvalue weighted by Gasteiger charge is 2.08. The number of hydrogen-bond acceptors (Lipinski definition) is 1. The topological polar surface area (TPSA) is 12.9 Å². The molecule has 0 fully saturated rings. The van der Waals surface area contributed by atoms with Gasteiger partial charge in [-0.25, -0.2) is 0 Å². The van der Waals surface area contributed by atoms with Crippen LogP contribution in [-0.4, -0.2) is 4.98 Å². The van der Waals surface area contributed by atoms with Crippen molar-refractivity contribution < 1.29 is 0 Å². The monoisotopic (exact) mass is 259 g/mol. The summed E-state index contributed by atoms with van der Waals surface area (Å²) in [7, 11) is 0. The van der Waals surface area contributed by atoms with Gasteiger partial charge in [-0.2, -0.15) is 0 Å². The van der Waals surface area contributed by atoms with E-state index in [9.17, 15) is 0 Å². The molecule has 20 heavy (non-hydrogen) atoms. The van der Waals surface area contributed by atoms with Gasteiger partial charge in [-0.15, -0.1) is 0 Å². The van der Waals surface area contributed by atoms with Gasteiger partial charge in [0.05, 0.1) is 0 Å². The van der Waals surface area contributed by atoms with Gasteiger partial charge in [-0.3, -0.25) is 4.98 Å². The summed E-state index contributed by atoms with van der Waals surface area (Å²) in [5, 5.41) is 0. The van der Waals surface area contributed by atoms with E-state index in [4.69, 9.17) is 0 Å². The lowest BCUT2D eigenvalue weighted by atomic mass is 9.92. The first-order valence-corrected chi connectivity index (χ1v) is 6.90. The van der Waals surface area contributed by atoms with Crippen molar-refractivity contribution in [2.45, 2.75) is 12.8 Å². The lowest BCUT2D eigenvalue weighted by molar-refractivity contribution is 0.917. The lowest BCUT2D eigenvalue weighted by Crippen LogP contribution is -1.95. The van der Waals surface area contributed by atoms with Crippen LogP contribution in [0, 0.1) is 0 Å². The molecule has 0 aliphatic rings. The van der Waals surface area contributed by atoms with Gasteiger partial charge < -0.3 is 0 Å². The number of pyridine rings is 1. The third kappa shape index (κ3) is 2.62. The second-order valence-corrected chi connectivity index (χ2v) is 4.99. The molecule has 0 aliphatic heterocycles. The number of hydrogen-bond donors (Lipinski definition) is 0. The van der Waals surface area contributed by atoms with Crippen LogP contribution in [0.3, 0.4) is 0 Å². The van der Waals surface area contributed by atoms with Crippen LogP contribution in [0.2, 0.25) is 0 Å². The van der Waals surface area contributed by atoms with Crippen LogP contribution >= 0.6 is 0 Å². The molecule has 1 nitrogen and oxygen atoms in total. The molecule has 0 radical (unpaired) electrons. The van der Waals surface area contributed by atoms with Gasteiger partial charge in [-0.05, 0) is 34.4 Å². The molecule has 1 atom stereocenters. The predicted molar refractivity (Wildman–Crippen MR) is 83.6 cm³/mol. The first kappa shape index (κ1) is 12.6. The number of rotatable bonds is 3. The molecule has 0 bridgehead atoms. The molecular formula is C19H17N. The van der Waals surface area contributed by atoms with Crippen molar-refractivity contribution in [1.82, 2.24) is 4.98 Å². The molecule has 3 aromatic rings. The minimum Gasteiger partial charge on any atom is -0.265 e. The summed E-state index contributed by atoms with van der Waals surface area (Å²) in [6.07, 6.45) is 3.70. The third-order valence-corrected chi connectivity index (χ3v) is 3.72. The minimum absolute atomic E-state index is 0.392. The van der Waals surface area contributed by atoms with Gasteiger partial charge in [0.1, 0.15) is 0 Å². The maximum atomic E-state index is 4.08. The van der Waals surface area contributed by atoms with E-state index in [0.29, 0.717) is 5.92 Å². The molecule has 98 valence electrons. The smallest absolute Gasteiger partial charge is 0.0270 e. The van der Waals surface area contributed by atoms with Crippen LogP contribution in [0.4, 0.5) is 0 Å². The van der Waals surface area contributed by atoms with Crippen LogP contribution in [-0.2, 0) is 0 Å². The van der Waals surface area contributed by atoms with Gasteiger partial charge in [0.25, 0.3) is 0 Å². The first-order chi connectivity index (χ1) is 9.84. The summed E-state index contributed by atoms with van der Waals surface area (Å²) < 4.78 is 0. The number of aromatic nitrogens is 1. The fourth-order valence-electron chi connectivity index (χ4n) is 2.44. The molecule has 0 aliphatic carbocycles. The van der Waals surface area contributed by atoms with E-state index in [1.54, 1.807) is 0 Å². The standard InChI is InChI=1S/C19H17N/c1-15(17-11-13-20-14-12-17)16-7-9-19(10-8-16)18-5-3-2-4-6-18/h2-15H,1H3. The van der Waals surface area contributed by atoms with Crippen LogP contribution in [0.5, 0.6) is 0 Å². The zero-order valence-corrected chi connectivity index (χ0v) is 11.5. The molecule has 1 heteroatoms. The Kier molecular flexibility index (Phi) is 3.60. The molecule has 0 spiro atoms. The Morgan fingerprint density at radius 2 is 1.20 bits per heavy atom. The lowest BCUT2D eigenvalue weighted by Gasteiger charge is -2.13. The summed E-state index contributed by atoms with van der Waals surface area (Å²) in [4.78, 5) is 4.08. The average molecular weight is 259 g/mol. The zero-order chi connectivity index (χ0) is 13.8. The van der Waals surface area contributed by atoms with Gasteiger partial charge in [-0.1, -0.05) is 61.5 Å². The van der Waals surface area contributed by atoms with Crippen LogP contribution in [0.15, 0.2) is 79.1 Å². The van der Waals surface area contributed by atoms with Crippen LogP contribution in [0.1, 0.15) is 24.0 Å². The molecule has 1 heterocycles. The Labute approximate surface area is 119 Å². The average Bonchev–Trinajstić information content (AvgIpc) is 2.56. The van der Waals surface area contributed by atoms with E-state index in [2.05, 4.69) is 72.6 Å². The van der Waals surface area contributed by atoms with Crippen molar-refractivity contribution in [2.24, 2.45) is 0 Å². The molecule has 0 N–H and O–H groups in total. The van der Waals surface area contributed by atoms with E-state index in [1.165, 1.54) is 22.3 Å². The van der Waals surface area contributed by atoms with E-state index in [-0.39, 0.29) is 0 Å². The maximum Gasteiger partial charge on any atom is 0.0270 e. The molecule has 0 saturated carbocycles. The highest BCUT2D eigenvalue weighted by atomic mass is 14.6. The van der Waals surface area contributed by atoms with E-state index >= 15 is 0 Å². The fraction of sp³-hybridized carbons (Fsp3) is 0.105. The van der Waals surface area contributed by atoms with E-state index in [1.807, 2.05) is 18.5 Å². The summed E-state index contributed by atoms with van der Waals surface area (Å²) in [6, 6.07) is 23.5. The number of benzene rings is 2. The highest BCUT2D eigenvalue weighted by molar-refractivity contribution is 5.63. The third-order valence-electron chi connectivity index (χ3n) is 3.72. The maximum absolute atomic E-state index is 4.08. The molecule has 1 unspecified atom stereocenters. The molecule has 2 aromatic carbocycles. The van der Waals surface area contributed by atoms with Crippen molar-refractivity contribution in [3.05, 3.63) is 90.3 Å². The Morgan fingerprint density at radius 3 is 1.85 bits per heavy atom. The van der Waals surface area contributed by atoms with Gasteiger partial charge in [0.2, 0.25) is 0 Å². The molecule has 0 amide bonds. The van der Waals surface area contributed by atoms with E-state index in [0.717, 1.165) is 0 Å². The predicted octanol–water partition coefficient (Wildman–Crippen LogP) is 4.90. The van der Waals surface area contributed by atoms with E-state index < -0.39 is 0 Å². The molecule has 1 aromatic heterocycles. The minimum atomic E-state index is 0.392. The van der Waals surface area contributed by atoms with Crippen molar-refractivity contribution in [1.29, 1.82) is 0 Å². The second-order valence-electron chi connectivity index (χ2n) is 4.99.